The first kappa shape index (κ1) is 15.4. The number of morpholine rings is 1. The Morgan fingerprint density at radius 2 is 2.44 bits per heavy atom. The summed E-state index contributed by atoms with van der Waals surface area (Å²) < 4.78 is 5.48. The highest BCUT2D eigenvalue weighted by Crippen LogP contribution is 2.24. The number of nitrogens with zero attached hydrogens (tertiary/aromatic N) is 1. The van der Waals surface area contributed by atoms with E-state index in [1.807, 2.05) is 25.4 Å². The van der Waals surface area contributed by atoms with E-state index in [2.05, 4.69) is 11.4 Å². The van der Waals surface area contributed by atoms with Crippen LogP contribution in [-0.2, 0) is 9.53 Å². The van der Waals surface area contributed by atoms with E-state index in [0.29, 0.717) is 13.2 Å². The number of rotatable bonds is 3. The molecule has 1 aliphatic rings. The molecule has 1 saturated heterocycles. The Balaban J connectivity index is 0.00000162. The average Bonchev–Trinajstić information content (AvgIpc) is 2.91. The number of hydrogen-bond acceptors (Lipinski definition) is 4. The molecule has 2 heterocycles. The van der Waals surface area contributed by atoms with Crippen LogP contribution >= 0.6 is 23.7 Å². The predicted octanol–water partition coefficient (Wildman–Crippen LogP) is 1.68. The topological polar surface area (TPSA) is 41.6 Å². The number of thiophene rings is 1. The van der Waals surface area contributed by atoms with Gasteiger partial charge in [0.1, 0.15) is 6.10 Å². The van der Waals surface area contributed by atoms with Crippen molar-refractivity contribution in [1.82, 2.24) is 10.2 Å². The third-order valence-corrected chi connectivity index (χ3v) is 4.13. The summed E-state index contributed by atoms with van der Waals surface area (Å²) in [5, 5.41) is 5.20. The van der Waals surface area contributed by atoms with Crippen LogP contribution in [0, 0.1) is 0 Å². The van der Waals surface area contributed by atoms with Gasteiger partial charge in [0.05, 0.1) is 12.6 Å². The normalized spacial score (nSPS) is 20.9. The lowest BCUT2D eigenvalue weighted by molar-refractivity contribution is -0.145. The first-order valence-corrected chi connectivity index (χ1v) is 6.70. The van der Waals surface area contributed by atoms with Crippen molar-refractivity contribution in [3.8, 4) is 0 Å². The highest BCUT2D eigenvalue weighted by Gasteiger charge is 2.28. The minimum atomic E-state index is -0.337. The van der Waals surface area contributed by atoms with Gasteiger partial charge in [-0.2, -0.15) is 0 Å². The number of likely N-dealkylation sites (N-methyl/N-ethyl adjacent to an activating group) is 1. The predicted molar refractivity (Wildman–Crippen MR) is 75.4 cm³/mol. The van der Waals surface area contributed by atoms with Crippen molar-refractivity contribution in [2.75, 3.05) is 26.7 Å². The van der Waals surface area contributed by atoms with Crippen LogP contribution in [0.15, 0.2) is 17.5 Å². The smallest absolute Gasteiger partial charge is 0.253 e. The Bertz CT molecular complexity index is 366. The fraction of sp³-hybridized carbons (Fsp3) is 0.583. The van der Waals surface area contributed by atoms with Crippen LogP contribution in [0.5, 0.6) is 0 Å². The molecule has 0 spiro atoms. The van der Waals surface area contributed by atoms with Crippen molar-refractivity contribution in [2.24, 2.45) is 0 Å². The average molecular weight is 291 g/mol. The molecule has 102 valence electrons. The first-order chi connectivity index (χ1) is 8.20. The Morgan fingerprint density at radius 1 is 1.67 bits per heavy atom. The highest BCUT2D eigenvalue weighted by molar-refractivity contribution is 7.10. The number of amides is 1. The van der Waals surface area contributed by atoms with Gasteiger partial charge in [-0.1, -0.05) is 6.07 Å². The number of carbonyl (C=O) groups is 1. The molecule has 0 aliphatic carbocycles. The molecule has 1 aromatic rings. The molecule has 2 rings (SSSR count). The monoisotopic (exact) mass is 290 g/mol. The van der Waals surface area contributed by atoms with E-state index in [1.165, 1.54) is 4.88 Å². The number of nitrogens with one attached hydrogen (secondary N) is 1. The summed E-state index contributed by atoms with van der Waals surface area (Å²) in [6.07, 6.45) is -0.337. The zero-order valence-electron chi connectivity index (χ0n) is 10.6. The van der Waals surface area contributed by atoms with Gasteiger partial charge in [0.15, 0.2) is 0 Å². The third-order valence-electron chi connectivity index (χ3n) is 3.09. The van der Waals surface area contributed by atoms with E-state index >= 15 is 0 Å². The zero-order chi connectivity index (χ0) is 12.3. The van der Waals surface area contributed by atoms with Gasteiger partial charge in [-0.05, 0) is 18.4 Å². The summed E-state index contributed by atoms with van der Waals surface area (Å²) in [4.78, 5) is 15.2. The Morgan fingerprint density at radius 3 is 3.00 bits per heavy atom. The third kappa shape index (κ3) is 3.45. The molecule has 2 unspecified atom stereocenters. The van der Waals surface area contributed by atoms with Crippen molar-refractivity contribution < 1.29 is 9.53 Å². The molecule has 1 amide bonds. The van der Waals surface area contributed by atoms with Crippen LogP contribution in [0.3, 0.4) is 0 Å². The largest absolute Gasteiger partial charge is 0.366 e. The molecular formula is C12H19ClN2O2S. The molecule has 1 N–H and O–H groups in total. The summed E-state index contributed by atoms with van der Waals surface area (Å²) in [5.74, 6) is 0.0538. The van der Waals surface area contributed by atoms with Crippen LogP contribution in [-0.4, -0.2) is 43.7 Å². The highest BCUT2D eigenvalue weighted by atomic mass is 35.5. The summed E-state index contributed by atoms with van der Waals surface area (Å²) in [6, 6.07) is 4.17. The summed E-state index contributed by atoms with van der Waals surface area (Å²) in [6.45, 7) is 4.09. The molecule has 2 atom stereocenters. The van der Waals surface area contributed by atoms with E-state index in [1.54, 1.807) is 16.2 Å². The Labute approximate surface area is 118 Å². The fourth-order valence-electron chi connectivity index (χ4n) is 1.86. The van der Waals surface area contributed by atoms with Crippen LogP contribution < -0.4 is 5.32 Å². The van der Waals surface area contributed by atoms with Gasteiger partial charge in [0.2, 0.25) is 0 Å². The Hall–Kier alpha value is -0.620. The quantitative estimate of drug-likeness (QED) is 0.921. The number of halogens is 1. The molecule has 1 aliphatic heterocycles. The molecule has 6 heteroatoms. The molecule has 0 radical (unpaired) electrons. The van der Waals surface area contributed by atoms with Gasteiger partial charge in [0.25, 0.3) is 5.91 Å². The minimum Gasteiger partial charge on any atom is -0.366 e. The second-order valence-corrected chi connectivity index (χ2v) is 5.18. The van der Waals surface area contributed by atoms with Crippen LogP contribution in [0.25, 0.3) is 0 Å². The fourth-order valence-corrected chi connectivity index (χ4v) is 2.69. The number of hydrogen-bond donors (Lipinski definition) is 1. The standard InChI is InChI=1S/C12H18N2O2S.ClH/c1-9(11-4-3-7-17-11)14(2)12(15)10-8-13-5-6-16-10;/h3-4,7,9-10,13H,5-6,8H2,1-2H3;1H. The molecule has 18 heavy (non-hydrogen) atoms. The maximum absolute atomic E-state index is 12.2. The molecular weight excluding hydrogens is 272 g/mol. The molecule has 0 saturated carbocycles. The molecule has 0 aromatic carbocycles. The van der Waals surface area contributed by atoms with Crippen molar-refractivity contribution in [3.05, 3.63) is 22.4 Å². The van der Waals surface area contributed by atoms with Crippen molar-refractivity contribution in [2.45, 2.75) is 19.1 Å². The van der Waals surface area contributed by atoms with Crippen LogP contribution in [0.2, 0.25) is 0 Å². The Kier molecular flexibility index (Phi) is 6.08. The maximum Gasteiger partial charge on any atom is 0.253 e. The lowest BCUT2D eigenvalue weighted by Gasteiger charge is -2.30. The lowest BCUT2D eigenvalue weighted by Crippen LogP contribution is -2.48. The van der Waals surface area contributed by atoms with Gasteiger partial charge < -0.3 is 15.0 Å². The number of carbonyl (C=O) groups excluding carboxylic acids is 1. The van der Waals surface area contributed by atoms with Crippen LogP contribution in [0.4, 0.5) is 0 Å². The number of ether oxygens (including phenoxy) is 1. The van der Waals surface area contributed by atoms with E-state index in [4.69, 9.17) is 4.74 Å². The summed E-state index contributed by atoms with van der Waals surface area (Å²) >= 11 is 1.67. The molecule has 1 fully saturated rings. The van der Waals surface area contributed by atoms with Crippen molar-refractivity contribution in [3.63, 3.8) is 0 Å². The summed E-state index contributed by atoms with van der Waals surface area (Å²) in [5.41, 5.74) is 0. The van der Waals surface area contributed by atoms with E-state index in [9.17, 15) is 4.79 Å². The maximum atomic E-state index is 12.2. The van der Waals surface area contributed by atoms with Gasteiger partial charge in [-0.25, -0.2) is 0 Å². The van der Waals surface area contributed by atoms with Gasteiger partial charge in [-0.3, -0.25) is 4.79 Å². The summed E-state index contributed by atoms with van der Waals surface area (Å²) in [7, 11) is 1.84. The van der Waals surface area contributed by atoms with Gasteiger partial charge in [0, 0.05) is 25.0 Å². The van der Waals surface area contributed by atoms with E-state index < -0.39 is 0 Å². The molecule has 4 nitrogen and oxygen atoms in total. The van der Waals surface area contributed by atoms with E-state index in [0.717, 1.165) is 6.54 Å². The second-order valence-electron chi connectivity index (χ2n) is 4.20. The SMILES string of the molecule is CC(c1cccs1)N(C)C(=O)C1CNCCO1.Cl. The van der Waals surface area contributed by atoms with E-state index in [-0.39, 0.29) is 30.5 Å². The first-order valence-electron chi connectivity index (χ1n) is 5.82. The molecule has 0 bridgehead atoms. The van der Waals surface area contributed by atoms with Crippen molar-refractivity contribution >= 4 is 29.7 Å². The van der Waals surface area contributed by atoms with Gasteiger partial charge in [-0.15, -0.1) is 23.7 Å². The van der Waals surface area contributed by atoms with Crippen molar-refractivity contribution in [1.29, 1.82) is 0 Å². The second kappa shape index (κ2) is 7.09. The van der Waals surface area contributed by atoms with Gasteiger partial charge >= 0.3 is 0 Å². The minimum absolute atomic E-state index is 0. The molecule has 1 aromatic heterocycles. The zero-order valence-corrected chi connectivity index (χ0v) is 12.2. The lowest BCUT2D eigenvalue weighted by atomic mass is 10.2. The van der Waals surface area contributed by atoms with Crippen LogP contribution in [0.1, 0.15) is 17.8 Å².